The average molecular weight is 915 g/mol. The zero-order valence-electron chi connectivity index (χ0n) is 36.6. The monoisotopic (exact) mass is 913 g/mol. The van der Waals surface area contributed by atoms with Crippen LogP contribution in [0.3, 0.4) is 0 Å². The van der Waals surface area contributed by atoms with Crippen molar-refractivity contribution < 1.29 is 32.9 Å². The van der Waals surface area contributed by atoms with E-state index in [-0.39, 0.29) is 42.6 Å². The summed E-state index contributed by atoms with van der Waals surface area (Å²) in [4.78, 5) is 16.3. The predicted molar refractivity (Wildman–Crippen MR) is 253 cm³/mol. The third kappa shape index (κ3) is 11.4. The van der Waals surface area contributed by atoms with Crippen molar-refractivity contribution in [3.05, 3.63) is 196 Å². The molecule has 10 nitrogen and oxygen atoms in total. The van der Waals surface area contributed by atoms with Gasteiger partial charge in [-0.15, -0.1) is 0 Å². The molecule has 4 N–H and O–H groups in total. The van der Waals surface area contributed by atoms with Crippen molar-refractivity contribution in [1.29, 1.82) is 0 Å². The predicted octanol–water partition coefficient (Wildman–Crippen LogP) is 8.79. The maximum absolute atomic E-state index is 13.8. The number of carbonyl (C=O) groups excluding carboxylic acids is 1. The Morgan fingerprint density at radius 2 is 1.45 bits per heavy atom. The number of sulfonamides is 1. The standard InChI is InChI=1S/C53H56ClN3O7S/c1-36-14-24-47(25-15-36)65(61,62)56-48(31-38-8-4-3-5-9-38)51(59)55-33-40-10-6-11-42(30-40)43-12-7-13-44(32-43)52-63-49(37(2)50(64-52)41-18-16-39(35-58)17-19-41)34-57-28-26-53(60,27-29-57)45-20-22-46(54)23-21-45/h3-25,30,32,37,48-50,52,56,58,60H,26-29,31,33-35H2,1-2H3,(H,55,59)/t37-,48+,49+,50+,52+/m0/s1. The number of rotatable bonds is 15. The van der Waals surface area contributed by atoms with Gasteiger partial charge < -0.3 is 29.9 Å². The van der Waals surface area contributed by atoms with Crippen molar-refractivity contribution >= 4 is 27.5 Å². The highest BCUT2D eigenvalue weighted by atomic mass is 35.5. The van der Waals surface area contributed by atoms with Crippen molar-refractivity contribution in [3.63, 3.8) is 0 Å². The van der Waals surface area contributed by atoms with Crippen LogP contribution in [0.25, 0.3) is 11.1 Å². The molecule has 2 heterocycles. The fourth-order valence-electron chi connectivity index (χ4n) is 8.79. The van der Waals surface area contributed by atoms with Crippen molar-refractivity contribution in [2.45, 2.75) is 81.3 Å². The summed E-state index contributed by atoms with van der Waals surface area (Å²) in [6.45, 7) is 6.25. The van der Waals surface area contributed by atoms with Crippen LogP contribution in [0.1, 0.15) is 71.1 Å². The maximum Gasteiger partial charge on any atom is 0.241 e. The lowest BCUT2D eigenvalue weighted by Gasteiger charge is -2.45. The van der Waals surface area contributed by atoms with Gasteiger partial charge in [-0.2, -0.15) is 4.72 Å². The van der Waals surface area contributed by atoms with Crippen LogP contribution >= 0.6 is 11.6 Å². The van der Waals surface area contributed by atoms with Crippen LogP contribution in [0.5, 0.6) is 0 Å². The first-order valence-electron chi connectivity index (χ1n) is 22.2. The summed E-state index contributed by atoms with van der Waals surface area (Å²) in [5.74, 6) is -0.446. The molecule has 0 bridgehead atoms. The van der Waals surface area contributed by atoms with E-state index in [0.717, 1.165) is 50.1 Å². The minimum Gasteiger partial charge on any atom is -0.392 e. The molecule has 5 atom stereocenters. The molecule has 8 rings (SSSR count). The molecule has 2 fully saturated rings. The normalized spacial score (nSPS) is 20.5. The zero-order valence-corrected chi connectivity index (χ0v) is 38.2. The van der Waals surface area contributed by atoms with E-state index < -0.39 is 33.9 Å². The Labute approximate surface area is 387 Å². The number of ether oxygens (including phenoxy) is 2. The molecule has 2 aliphatic heterocycles. The molecular weight excluding hydrogens is 858 g/mol. The number of hydrogen-bond donors (Lipinski definition) is 4. The largest absolute Gasteiger partial charge is 0.392 e. The Morgan fingerprint density at radius 3 is 2.14 bits per heavy atom. The van der Waals surface area contributed by atoms with Gasteiger partial charge in [0.05, 0.1) is 29.3 Å². The molecule has 0 saturated carbocycles. The number of piperidine rings is 1. The van der Waals surface area contributed by atoms with E-state index in [2.05, 4.69) is 27.9 Å². The van der Waals surface area contributed by atoms with Gasteiger partial charge in [0.25, 0.3) is 0 Å². The Balaban J connectivity index is 0.978. The van der Waals surface area contributed by atoms with Crippen LogP contribution < -0.4 is 10.0 Å². The average Bonchev–Trinajstić information content (AvgIpc) is 3.32. The van der Waals surface area contributed by atoms with Crippen LogP contribution in [0.2, 0.25) is 5.02 Å². The number of carbonyl (C=O) groups is 1. The summed E-state index contributed by atoms with van der Waals surface area (Å²) in [6.07, 6.45) is 0.199. The molecule has 0 unspecified atom stereocenters. The number of nitrogens with zero attached hydrogens (tertiary/aromatic N) is 1. The molecule has 0 spiro atoms. The number of benzene rings is 6. The second-order valence-corrected chi connectivity index (χ2v) is 19.5. The lowest BCUT2D eigenvalue weighted by Crippen LogP contribution is -2.49. The van der Waals surface area contributed by atoms with Gasteiger partial charge in [0.2, 0.25) is 15.9 Å². The van der Waals surface area contributed by atoms with Crippen LogP contribution in [-0.2, 0) is 49.5 Å². The molecule has 0 radical (unpaired) electrons. The fraction of sp³-hybridized carbons (Fsp3) is 0.302. The molecule has 338 valence electrons. The molecule has 0 aliphatic carbocycles. The zero-order chi connectivity index (χ0) is 45.6. The Hall–Kier alpha value is -5.21. The number of nitrogens with one attached hydrogen (secondary N) is 2. The van der Waals surface area contributed by atoms with Gasteiger partial charge in [-0.25, -0.2) is 8.42 Å². The number of likely N-dealkylation sites (tertiary alicyclic amines) is 1. The highest BCUT2D eigenvalue weighted by Crippen LogP contribution is 2.43. The van der Waals surface area contributed by atoms with E-state index in [4.69, 9.17) is 21.1 Å². The Kier molecular flexibility index (Phi) is 14.6. The second-order valence-electron chi connectivity index (χ2n) is 17.4. The summed E-state index contributed by atoms with van der Waals surface area (Å²) >= 11 is 6.14. The molecule has 6 aromatic carbocycles. The number of hydrogen-bond acceptors (Lipinski definition) is 8. The van der Waals surface area contributed by atoms with E-state index in [1.165, 1.54) is 12.1 Å². The highest BCUT2D eigenvalue weighted by molar-refractivity contribution is 7.89. The van der Waals surface area contributed by atoms with Crippen LogP contribution in [0.4, 0.5) is 0 Å². The third-order valence-corrected chi connectivity index (χ3v) is 14.5. The molecule has 6 aromatic rings. The summed E-state index contributed by atoms with van der Waals surface area (Å²) < 4.78 is 43.2. The highest BCUT2D eigenvalue weighted by Gasteiger charge is 2.41. The van der Waals surface area contributed by atoms with Crippen molar-refractivity contribution in [1.82, 2.24) is 14.9 Å². The fourth-order valence-corrected chi connectivity index (χ4v) is 10.1. The SMILES string of the molecule is Cc1ccc(S(=O)(=O)N[C@H](Cc2ccccc2)C(=O)NCc2cccc(-c3cccc([C@@H]4O[C@H](CN5CCC(O)(c6ccc(Cl)cc6)CC5)[C@H](C)[C@H](c5ccc(CO)cc5)O4)c3)c2)cc1. The van der Waals surface area contributed by atoms with Gasteiger partial charge in [-0.1, -0.05) is 139 Å². The van der Waals surface area contributed by atoms with Crippen molar-refractivity contribution in [3.8, 4) is 11.1 Å². The number of aliphatic hydroxyl groups is 2. The molecule has 65 heavy (non-hydrogen) atoms. The van der Waals surface area contributed by atoms with Gasteiger partial charge in [0, 0.05) is 42.7 Å². The number of aliphatic hydroxyl groups excluding tert-OH is 1. The van der Waals surface area contributed by atoms with Crippen LogP contribution in [0, 0.1) is 12.8 Å². The van der Waals surface area contributed by atoms with Gasteiger partial charge >= 0.3 is 0 Å². The minimum atomic E-state index is -3.99. The first-order chi connectivity index (χ1) is 31.4. The number of amides is 1. The lowest BCUT2D eigenvalue weighted by atomic mass is 9.84. The second kappa shape index (κ2) is 20.5. The first-order valence-corrected chi connectivity index (χ1v) is 24.0. The summed E-state index contributed by atoms with van der Waals surface area (Å²) in [6, 6.07) is 46.2. The molecule has 1 amide bonds. The van der Waals surface area contributed by atoms with Crippen LogP contribution in [-0.4, -0.2) is 61.2 Å². The van der Waals surface area contributed by atoms with Crippen molar-refractivity contribution in [2.75, 3.05) is 19.6 Å². The topological polar surface area (TPSA) is 137 Å². The van der Waals surface area contributed by atoms with E-state index in [0.29, 0.717) is 37.5 Å². The van der Waals surface area contributed by atoms with Gasteiger partial charge in [-0.05, 0) is 102 Å². The van der Waals surface area contributed by atoms with E-state index in [9.17, 15) is 23.4 Å². The van der Waals surface area contributed by atoms with Crippen LogP contribution in [0.15, 0.2) is 157 Å². The summed E-state index contributed by atoms with van der Waals surface area (Å²) in [5, 5.41) is 25.0. The lowest BCUT2D eigenvalue weighted by molar-refractivity contribution is -0.277. The van der Waals surface area contributed by atoms with Gasteiger partial charge in [0.1, 0.15) is 6.04 Å². The Morgan fingerprint density at radius 1 is 0.785 bits per heavy atom. The molecule has 0 aromatic heterocycles. The van der Waals surface area contributed by atoms with Crippen molar-refractivity contribution in [2.24, 2.45) is 5.92 Å². The summed E-state index contributed by atoms with van der Waals surface area (Å²) in [5.41, 5.74) is 7.12. The van der Waals surface area contributed by atoms with E-state index in [1.807, 2.05) is 128 Å². The maximum atomic E-state index is 13.8. The molecule has 12 heteroatoms. The minimum absolute atomic E-state index is 0.0106. The third-order valence-electron chi connectivity index (χ3n) is 12.7. The quantitative estimate of drug-likeness (QED) is 0.0803. The van der Waals surface area contributed by atoms with Gasteiger partial charge in [-0.3, -0.25) is 4.79 Å². The first kappa shape index (κ1) is 46.3. The molecular formula is C53H56ClN3O7S. The Bertz CT molecular complexity index is 2640. The van der Waals surface area contributed by atoms with E-state index in [1.54, 1.807) is 12.1 Å². The molecule has 2 saturated heterocycles. The smallest absolute Gasteiger partial charge is 0.241 e. The molecule has 2 aliphatic rings. The number of aryl methyl sites for hydroxylation is 1. The van der Waals surface area contributed by atoms with Gasteiger partial charge in [0.15, 0.2) is 6.29 Å². The van der Waals surface area contributed by atoms with E-state index >= 15 is 0 Å². The number of halogens is 1. The summed E-state index contributed by atoms with van der Waals surface area (Å²) in [7, 11) is -3.99.